The molecule has 0 saturated heterocycles. The van der Waals surface area contributed by atoms with Gasteiger partial charge in [0.05, 0.1) is 11.0 Å². The maximum Gasteiger partial charge on any atom is 0.108 e. The van der Waals surface area contributed by atoms with Crippen molar-refractivity contribution in [2.24, 2.45) is 11.7 Å². The molecule has 3 N–H and O–H groups in total. The number of fused-ring (bicyclic) bond motifs is 1. The lowest BCUT2D eigenvalue weighted by Gasteiger charge is -2.13. The third kappa shape index (κ3) is 2.36. The molecular formula is C12H16ClN3. The van der Waals surface area contributed by atoms with Crippen molar-refractivity contribution >= 4 is 22.6 Å². The summed E-state index contributed by atoms with van der Waals surface area (Å²) in [4.78, 5) is 7.73. The van der Waals surface area contributed by atoms with Gasteiger partial charge in [-0.05, 0) is 24.1 Å². The van der Waals surface area contributed by atoms with Crippen LogP contribution in [0.1, 0.15) is 19.7 Å². The number of nitrogens with one attached hydrogen (secondary N) is 1. The van der Waals surface area contributed by atoms with Gasteiger partial charge in [-0.3, -0.25) is 0 Å². The Morgan fingerprint density at radius 2 is 2.19 bits per heavy atom. The van der Waals surface area contributed by atoms with Gasteiger partial charge in [0, 0.05) is 17.5 Å². The van der Waals surface area contributed by atoms with Crippen LogP contribution in [0.25, 0.3) is 11.0 Å². The number of rotatable bonds is 3. The van der Waals surface area contributed by atoms with Crippen LogP contribution in [0.5, 0.6) is 0 Å². The van der Waals surface area contributed by atoms with Crippen LogP contribution in [-0.4, -0.2) is 16.0 Å². The predicted molar refractivity (Wildman–Crippen MR) is 67.6 cm³/mol. The Morgan fingerprint density at radius 1 is 1.44 bits per heavy atom. The Labute approximate surface area is 100 Å². The lowest BCUT2D eigenvalue weighted by Crippen LogP contribution is -2.29. The first-order valence-electron chi connectivity index (χ1n) is 5.46. The summed E-state index contributed by atoms with van der Waals surface area (Å²) in [5.41, 5.74) is 7.93. The van der Waals surface area contributed by atoms with Gasteiger partial charge in [-0.15, -0.1) is 0 Å². The fourth-order valence-electron chi connectivity index (χ4n) is 1.59. The molecule has 1 heterocycles. The summed E-state index contributed by atoms with van der Waals surface area (Å²) in [5, 5.41) is 0.718. The lowest BCUT2D eigenvalue weighted by atomic mass is 10.0. The molecule has 0 amide bonds. The second-order valence-corrected chi connectivity index (χ2v) is 4.89. The summed E-state index contributed by atoms with van der Waals surface area (Å²) in [6.45, 7) is 4.23. The summed E-state index contributed by atoms with van der Waals surface area (Å²) in [7, 11) is 0. The molecule has 1 unspecified atom stereocenters. The van der Waals surface area contributed by atoms with E-state index in [1.807, 2.05) is 18.2 Å². The number of nitrogens with zero attached hydrogens (tertiary/aromatic N) is 1. The van der Waals surface area contributed by atoms with E-state index in [0.29, 0.717) is 5.92 Å². The highest BCUT2D eigenvalue weighted by atomic mass is 35.5. The molecule has 0 aliphatic rings. The summed E-state index contributed by atoms with van der Waals surface area (Å²) in [5.74, 6) is 1.38. The first-order chi connectivity index (χ1) is 7.56. The van der Waals surface area contributed by atoms with Crippen molar-refractivity contribution in [1.29, 1.82) is 0 Å². The Hall–Kier alpha value is -1.06. The summed E-state index contributed by atoms with van der Waals surface area (Å²) in [6.07, 6.45) is 0.768. The van der Waals surface area contributed by atoms with E-state index in [9.17, 15) is 0 Å². The monoisotopic (exact) mass is 237 g/mol. The summed E-state index contributed by atoms with van der Waals surface area (Å²) >= 11 is 5.91. The predicted octanol–water partition coefficient (Wildman–Crippen LogP) is 2.74. The normalized spacial score (nSPS) is 13.6. The van der Waals surface area contributed by atoms with Gasteiger partial charge in [-0.25, -0.2) is 4.98 Å². The quantitative estimate of drug-likeness (QED) is 0.863. The Morgan fingerprint density at radius 3 is 2.88 bits per heavy atom. The summed E-state index contributed by atoms with van der Waals surface area (Å²) < 4.78 is 0. The van der Waals surface area contributed by atoms with Crippen LogP contribution in [0.15, 0.2) is 18.2 Å². The zero-order valence-electron chi connectivity index (χ0n) is 9.50. The smallest absolute Gasteiger partial charge is 0.108 e. The highest BCUT2D eigenvalue weighted by Gasteiger charge is 2.11. The van der Waals surface area contributed by atoms with Crippen LogP contribution in [0.2, 0.25) is 5.02 Å². The number of imidazole rings is 1. The van der Waals surface area contributed by atoms with Gasteiger partial charge in [-0.1, -0.05) is 25.4 Å². The maximum absolute atomic E-state index is 6.01. The number of aromatic nitrogens is 2. The standard InChI is InChI=1S/C12H16ClN3/c1-7(2)9(14)6-12-15-10-4-3-8(13)5-11(10)16-12/h3-5,7,9H,6,14H2,1-2H3,(H,15,16). The van der Waals surface area contributed by atoms with E-state index in [4.69, 9.17) is 17.3 Å². The minimum atomic E-state index is 0.135. The number of hydrogen-bond acceptors (Lipinski definition) is 2. The van der Waals surface area contributed by atoms with Gasteiger partial charge in [0.1, 0.15) is 5.82 Å². The van der Waals surface area contributed by atoms with E-state index in [1.54, 1.807) is 0 Å². The molecule has 1 aromatic heterocycles. The molecule has 0 fully saturated rings. The minimum Gasteiger partial charge on any atom is -0.342 e. The van der Waals surface area contributed by atoms with Gasteiger partial charge in [0.15, 0.2) is 0 Å². The van der Waals surface area contributed by atoms with Crippen molar-refractivity contribution in [3.8, 4) is 0 Å². The highest BCUT2D eigenvalue weighted by molar-refractivity contribution is 6.31. The number of nitrogens with two attached hydrogens (primary N) is 1. The number of hydrogen-bond donors (Lipinski definition) is 2. The molecular weight excluding hydrogens is 222 g/mol. The number of benzene rings is 1. The first kappa shape index (κ1) is 11.4. The molecule has 0 spiro atoms. The Balaban J connectivity index is 2.26. The lowest BCUT2D eigenvalue weighted by molar-refractivity contribution is 0.483. The number of aromatic amines is 1. The maximum atomic E-state index is 6.01. The van der Waals surface area contributed by atoms with Crippen molar-refractivity contribution in [3.05, 3.63) is 29.0 Å². The third-order valence-electron chi connectivity index (χ3n) is 2.78. The van der Waals surface area contributed by atoms with Gasteiger partial charge in [0.25, 0.3) is 0 Å². The van der Waals surface area contributed by atoms with Crippen molar-refractivity contribution in [1.82, 2.24) is 9.97 Å². The number of halogens is 1. The first-order valence-corrected chi connectivity index (χ1v) is 5.84. The zero-order valence-corrected chi connectivity index (χ0v) is 10.3. The Kier molecular flexibility index (Phi) is 3.17. The fraction of sp³-hybridized carbons (Fsp3) is 0.417. The van der Waals surface area contributed by atoms with Crippen LogP contribution in [0.3, 0.4) is 0 Å². The van der Waals surface area contributed by atoms with E-state index < -0.39 is 0 Å². The van der Waals surface area contributed by atoms with Gasteiger partial charge in [0.2, 0.25) is 0 Å². The van der Waals surface area contributed by atoms with Crippen molar-refractivity contribution < 1.29 is 0 Å². The average Bonchev–Trinajstić information content (AvgIpc) is 2.58. The molecule has 16 heavy (non-hydrogen) atoms. The molecule has 0 aliphatic carbocycles. The topological polar surface area (TPSA) is 54.7 Å². The molecule has 2 rings (SSSR count). The minimum absolute atomic E-state index is 0.135. The van der Waals surface area contributed by atoms with E-state index in [1.165, 1.54) is 0 Å². The van der Waals surface area contributed by atoms with Gasteiger partial charge in [-0.2, -0.15) is 0 Å². The molecule has 2 aromatic rings. The van der Waals surface area contributed by atoms with Crippen LogP contribution in [0, 0.1) is 5.92 Å². The average molecular weight is 238 g/mol. The van der Waals surface area contributed by atoms with Crippen LogP contribution in [-0.2, 0) is 6.42 Å². The van der Waals surface area contributed by atoms with Crippen LogP contribution >= 0.6 is 11.6 Å². The SMILES string of the molecule is CC(C)C(N)Cc1nc2ccc(Cl)cc2[nH]1. The largest absolute Gasteiger partial charge is 0.342 e. The second kappa shape index (κ2) is 4.44. The summed E-state index contributed by atoms with van der Waals surface area (Å²) in [6, 6.07) is 5.78. The fourth-order valence-corrected chi connectivity index (χ4v) is 1.76. The van der Waals surface area contributed by atoms with E-state index >= 15 is 0 Å². The van der Waals surface area contributed by atoms with Gasteiger partial charge >= 0.3 is 0 Å². The molecule has 1 aromatic carbocycles. The molecule has 0 aliphatic heterocycles. The molecule has 86 valence electrons. The van der Waals surface area contributed by atoms with Crippen molar-refractivity contribution in [3.63, 3.8) is 0 Å². The zero-order chi connectivity index (χ0) is 11.7. The molecule has 4 heteroatoms. The molecule has 0 bridgehead atoms. The number of H-pyrrole nitrogens is 1. The molecule has 0 saturated carbocycles. The van der Waals surface area contributed by atoms with Crippen LogP contribution < -0.4 is 5.73 Å². The van der Waals surface area contributed by atoms with Gasteiger partial charge < -0.3 is 10.7 Å². The van der Waals surface area contributed by atoms with E-state index in [2.05, 4.69) is 23.8 Å². The van der Waals surface area contributed by atoms with Crippen molar-refractivity contribution in [2.75, 3.05) is 0 Å². The Bertz CT molecular complexity index is 490. The third-order valence-corrected chi connectivity index (χ3v) is 3.01. The van der Waals surface area contributed by atoms with Crippen LogP contribution in [0.4, 0.5) is 0 Å². The molecule has 0 radical (unpaired) electrons. The highest BCUT2D eigenvalue weighted by Crippen LogP contribution is 2.18. The molecule has 1 atom stereocenters. The second-order valence-electron chi connectivity index (χ2n) is 4.46. The molecule has 3 nitrogen and oxygen atoms in total. The van der Waals surface area contributed by atoms with E-state index in [0.717, 1.165) is 28.3 Å². The van der Waals surface area contributed by atoms with Crippen molar-refractivity contribution in [2.45, 2.75) is 26.3 Å². The van der Waals surface area contributed by atoms with E-state index in [-0.39, 0.29) is 6.04 Å².